The van der Waals surface area contributed by atoms with Crippen molar-refractivity contribution in [2.24, 2.45) is 5.92 Å². The van der Waals surface area contributed by atoms with E-state index < -0.39 is 5.60 Å². The zero-order chi connectivity index (χ0) is 15.6. The Bertz CT molecular complexity index is 621. The van der Waals surface area contributed by atoms with Crippen LogP contribution in [0.15, 0.2) is 54.6 Å². The summed E-state index contributed by atoms with van der Waals surface area (Å²) in [5.74, 6) is 0.310. The standard InChI is InChI=1S/C20H25NO/c1-16-14-21(13-12-20(16,2)22)15-18-10-6-7-11-19(18)17-8-4-3-5-9-17/h3-11,16,22H,12-15H2,1-2H3/t16-,20+/m1/s1. The van der Waals surface area contributed by atoms with Crippen molar-refractivity contribution in [1.29, 1.82) is 0 Å². The second kappa shape index (κ2) is 6.23. The first-order valence-electron chi connectivity index (χ1n) is 8.14. The van der Waals surface area contributed by atoms with Crippen molar-refractivity contribution in [1.82, 2.24) is 4.90 Å². The molecule has 2 aromatic carbocycles. The average Bonchev–Trinajstić information content (AvgIpc) is 2.53. The predicted octanol–water partition coefficient (Wildman–Crippen LogP) is 3.95. The maximum absolute atomic E-state index is 10.3. The lowest BCUT2D eigenvalue weighted by Gasteiger charge is -2.41. The van der Waals surface area contributed by atoms with Gasteiger partial charge in [-0.1, -0.05) is 61.5 Å². The summed E-state index contributed by atoms with van der Waals surface area (Å²) < 4.78 is 0. The van der Waals surface area contributed by atoms with E-state index in [1.54, 1.807) is 0 Å². The van der Waals surface area contributed by atoms with E-state index in [0.29, 0.717) is 5.92 Å². The fourth-order valence-corrected chi connectivity index (χ4v) is 3.25. The minimum absolute atomic E-state index is 0.310. The Morgan fingerprint density at radius 2 is 1.77 bits per heavy atom. The summed E-state index contributed by atoms with van der Waals surface area (Å²) in [5.41, 5.74) is 3.43. The Morgan fingerprint density at radius 3 is 2.50 bits per heavy atom. The van der Waals surface area contributed by atoms with Crippen LogP contribution in [0.25, 0.3) is 11.1 Å². The van der Waals surface area contributed by atoms with Gasteiger partial charge in [-0.05, 0) is 36.0 Å². The van der Waals surface area contributed by atoms with Crippen molar-refractivity contribution in [2.75, 3.05) is 13.1 Å². The van der Waals surface area contributed by atoms with Crippen molar-refractivity contribution in [3.63, 3.8) is 0 Å². The lowest BCUT2D eigenvalue weighted by molar-refractivity contribution is -0.0523. The maximum atomic E-state index is 10.3. The summed E-state index contributed by atoms with van der Waals surface area (Å²) in [7, 11) is 0. The molecule has 0 spiro atoms. The molecule has 22 heavy (non-hydrogen) atoms. The van der Waals surface area contributed by atoms with Crippen molar-refractivity contribution >= 4 is 0 Å². The Labute approximate surface area is 133 Å². The molecule has 2 aromatic rings. The molecule has 1 heterocycles. The molecule has 1 aliphatic rings. The zero-order valence-corrected chi connectivity index (χ0v) is 13.5. The molecule has 1 fully saturated rings. The van der Waals surface area contributed by atoms with Crippen LogP contribution in [-0.2, 0) is 6.54 Å². The predicted molar refractivity (Wildman–Crippen MR) is 91.6 cm³/mol. The van der Waals surface area contributed by atoms with Crippen LogP contribution in [0.5, 0.6) is 0 Å². The lowest BCUT2D eigenvalue weighted by Crippen LogP contribution is -2.48. The van der Waals surface area contributed by atoms with Crippen LogP contribution >= 0.6 is 0 Å². The minimum Gasteiger partial charge on any atom is -0.390 e. The highest BCUT2D eigenvalue weighted by molar-refractivity contribution is 5.67. The van der Waals surface area contributed by atoms with E-state index in [-0.39, 0.29) is 0 Å². The molecule has 2 nitrogen and oxygen atoms in total. The van der Waals surface area contributed by atoms with E-state index in [4.69, 9.17) is 0 Å². The third-order valence-corrected chi connectivity index (χ3v) is 5.02. The Balaban J connectivity index is 1.79. The third-order valence-electron chi connectivity index (χ3n) is 5.02. The molecule has 2 heteroatoms. The second-order valence-corrected chi connectivity index (χ2v) is 6.77. The number of benzene rings is 2. The Hall–Kier alpha value is -1.64. The highest BCUT2D eigenvalue weighted by Crippen LogP contribution is 2.30. The van der Waals surface area contributed by atoms with Gasteiger partial charge in [-0.15, -0.1) is 0 Å². The largest absolute Gasteiger partial charge is 0.390 e. The smallest absolute Gasteiger partial charge is 0.0669 e. The maximum Gasteiger partial charge on any atom is 0.0669 e. The van der Waals surface area contributed by atoms with Gasteiger partial charge in [-0.2, -0.15) is 0 Å². The Morgan fingerprint density at radius 1 is 1.09 bits per heavy atom. The van der Waals surface area contributed by atoms with E-state index in [9.17, 15) is 5.11 Å². The number of aliphatic hydroxyl groups is 1. The number of rotatable bonds is 3. The van der Waals surface area contributed by atoms with Gasteiger partial charge >= 0.3 is 0 Å². The van der Waals surface area contributed by atoms with Gasteiger partial charge in [-0.25, -0.2) is 0 Å². The molecule has 0 bridgehead atoms. The van der Waals surface area contributed by atoms with Crippen LogP contribution < -0.4 is 0 Å². The van der Waals surface area contributed by atoms with Crippen molar-refractivity contribution in [3.8, 4) is 11.1 Å². The molecule has 3 rings (SSSR count). The average molecular weight is 295 g/mol. The van der Waals surface area contributed by atoms with Crippen molar-refractivity contribution < 1.29 is 5.11 Å². The molecule has 1 saturated heterocycles. The summed E-state index contributed by atoms with van der Waals surface area (Å²) in [6.07, 6.45) is 0.849. The molecule has 0 unspecified atom stereocenters. The summed E-state index contributed by atoms with van der Waals surface area (Å²) in [6.45, 7) is 6.98. The first-order chi connectivity index (χ1) is 10.6. The molecular formula is C20H25NO. The van der Waals surface area contributed by atoms with Crippen LogP contribution in [0.1, 0.15) is 25.8 Å². The third kappa shape index (κ3) is 3.23. The molecule has 0 aromatic heterocycles. The second-order valence-electron chi connectivity index (χ2n) is 6.77. The molecule has 1 aliphatic heterocycles. The van der Waals surface area contributed by atoms with Crippen LogP contribution in [0, 0.1) is 5.92 Å². The highest BCUT2D eigenvalue weighted by Gasteiger charge is 2.34. The topological polar surface area (TPSA) is 23.5 Å². The first-order valence-corrected chi connectivity index (χ1v) is 8.14. The van der Waals surface area contributed by atoms with Gasteiger partial charge in [0, 0.05) is 19.6 Å². The van der Waals surface area contributed by atoms with Gasteiger partial charge in [0.25, 0.3) is 0 Å². The van der Waals surface area contributed by atoms with Crippen LogP contribution in [0.3, 0.4) is 0 Å². The molecular weight excluding hydrogens is 270 g/mol. The van der Waals surface area contributed by atoms with Gasteiger partial charge < -0.3 is 5.11 Å². The van der Waals surface area contributed by atoms with Crippen molar-refractivity contribution in [3.05, 3.63) is 60.2 Å². The summed E-state index contributed by atoms with van der Waals surface area (Å²) in [6, 6.07) is 19.2. The summed E-state index contributed by atoms with van der Waals surface area (Å²) in [5, 5.41) is 10.3. The summed E-state index contributed by atoms with van der Waals surface area (Å²) >= 11 is 0. The van der Waals surface area contributed by atoms with Crippen molar-refractivity contribution in [2.45, 2.75) is 32.4 Å². The molecule has 2 atom stereocenters. The van der Waals surface area contributed by atoms with Gasteiger partial charge in [0.2, 0.25) is 0 Å². The fraction of sp³-hybridized carbons (Fsp3) is 0.400. The van der Waals surface area contributed by atoms with Crippen LogP contribution in [0.4, 0.5) is 0 Å². The fourth-order valence-electron chi connectivity index (χ4n) is 3.25. The number of likely N-dealkylation sites (tertiary alicyclic amines) is 1. The van der Waals surface area contributed by atoms with E-state index in [1.807, 2.05) is 6.92 Å². The minimum atomic E-state index is -0.518. The molecule has 0 saturated carbocycles. The van der Waals surface area contributed by atoms with Gasteiger partial charge in [-0.3, -0.25) is 4.90 Å². The van der Waals surface area contributed by atoms with Gasteiger partial charge in [0.05, 0.1) is 5.60 Å². The molecule has 0 amide bonds. The lowest BCUT2D eigenvalue weighted by atomic mass is 9.83. The van der Waals surface area contributed by atoms with E-state index in [0.717, 1.165) is 26.1 Å². The van der Waals surface area contributed by atoms with E-state index in [2.05, 4.69) is 66.4 Å². The number of hydrogen-bond acceptors (Lipinski definition) is 2. The number of hydrogen-bond donors (Lipinski definition) is 1. The quantitative estimate of drug-likeness (QED) is 0.927. The SMILES string of the molecule is C[C@@H]1CN(Cc2ccccc2-c2ccccc2)CC[C@]1(C)O. The first kappa shape index (κ1) is 15.3. The van der Waals surface area contributed by atoms with Crippen LogP contribution in [-0.4, -0.2) is 28.7 Å². The van der Waals surface area contributed by atoms with E-state index >= 15 is 0 Å². The molecule has 1 N–H and O–H groups in total. The van der Waals surface area contributed by atoms with Gasteiger partial charge in [0.15, 0.2) is 0 Å². The normalized spacial score (nSPS) is 26.0. The number of nitrogens with zero attached hydrogens (tertiary/aromatic N) is 1. The molecule has 0 aliphatic carbocycles. The zero-order valence-electron chi connectivity index (χ0n) is 13.5. The monoisotopic (exact) mass is 295 g/mol. The molecule has 0 radical (unpaired) electrons. The van der Waals surface area contributed by atoms with Gasteiger partial charge in [0.1, 0.15) is 0 Å². The summed E-state index contributed by atoms with van der Waals surface area (Å²) in [4.78, 5) is 2.46. The number of piperidine rings is 1. The van der Waals surface area contributed by atoms with Crippen LogP contribution in [0.2, 0.25) is 0 Å². The Kier molecular flexibility index (Phi) is 4.32. The molecule has 116 valence electrons. The van der Waals surface area contributed by atoms with E-state index in [1.165, 1.54) is 16.7 Å². The highest BCUT2D eigenvalue weighted by atomic mass is 16.3.